The molecule has 1 aliphatic rings. The molecule has 0 bridgehead atoms. The molecule has 3 aromatic heterocycles. The molecule has 8 heteroatoms. The minimum absolute atomic E-state index is 0.0260. The number of imidazole rings is 1. The summed E-state index contributed by atoms with van der Waals surface area (Å²) in [5.74, 6) is 0.256. The van der Waals surface area contributed by atoms with Crippen LogP contribution in [-0.4, -0.2) is 32.8 Å². The van der Waals surface area contributed by atoms with Gasteiger partial charge in [-0.2, -0.15) is 10.2 Å². The van der Waals surface area contributed by atoms with E-state index < -0.39 is 11.8 Å². The number of aromatic nitrogens is 2. The molecule has 0 fully saturated rings. The van der Waals surface area contributed by atoms with E-state index in [1.165, 1.54) is 0 Å². The Hall–Kier alpha value is -3.44. The predicted octanol–water partition coefficient (Wildman–Crippen LogP) is 3.51. The molecule has 0 aromatic carbocycles. The molecule has 0 aliphatic carbocycles. The smallest absolute Gasteiger partial charge is 0.271 e. The zero-order valence-corrected chi connectivity index (χ0v) is 16.3. The summed E-state index contributed by atoms with van der Waals surface area (Å²) in [4.78, 5) is 31.6. The van der Waals surface area contributed by atoms with Crippen LogP contribution in [0.15, 0.2) is 44.7 Å². The molecule has 3 aromatic rings. The van der Waals surface area contributed by atoms with Gasteiger partial charge in [-0.15, -0.1) is 11.3 Å². The standard InChI is InChI=1S/C20H16N4O3S/c1-4-24-19(25)13(11(2)14(10-21)20(24)26)8-12-9-15-18(27-12)22-17(23(15)3)16-6-5-7-28-16/h5-9H,4H2,1-3H3/b13-8-. The first-order valence-electron chi connectivity index (χ1n) is 8.65. The van der Waals surface area contributed by atoms with Crippen LogP contribution < -0.4 is 0 Å². The van der Waals surface area contributed by atoms with Crippen LogP contribution in [0, 0.1) is 11.3 Å². The molecule has 0 unspecified atom stereocenters. The van der Waals surface area contributed by atoms with Crippen molar-refractivity contribution >= 4 is 40.5 Å². The van der Waals surface area contributed by atoms with Gasteiger partial charge in [-0.3, -0.25) is 14.5 Å². The summed E-state index contributed by atoms with van der Waals surface area (Å²) in [5.41, 5.74) is 1.86. The van der Waals surface area contributed by atoms with Crippen molar-refractivity contribution in [1.82, 2.24) is 14.5 Å². The number of nitriles is 1. The van der Waals surface area contributed by atoms with E-state index in [2.05, 4.69) is 4.98 Å². The summed E-state index contributed by atoms with van der Waals surface area (Å²) < 4.78 is 7.76. The molecule has 0 saturated carbocycles. The van der Waals surface area contributed by atoms with E-state index in [4.69, 9.17) is 4.42 Å². The molecule has 0 N–H and O–H groups in total. The highest BCUT2D eigenvalue weighted by Gasteiger charge is 2.34. The Bertz CT molecular complexity index is 1220. The van der Waals surface area contributed by atoms with Crippen molar-refractivity contribution in [3.63, 3.8) is 0 Å². The second-order valence-corrected chi connectivity index (χ2v) is 7.28. The second kappa shape index (κ2) is 6.62. The maximum atomic E-state index is 12.7. The average molecular weight is 392 g/mol. The van der Waals surface area contributed by atoms with Gasteiger partial charge < -0.3 is 8.98 Å². The highest BCUT2D eigenvalue weighted by atomic mass is 32.1. The predicted molar refractivity (Wildman–Crippen MR) is 105 cm³/mol. The molecule has 1 aliphatic heterocycles. The molecular formula is C20H16N4O3S. The van der Waals surface area contributed by atoms with E-state index in [0.717, 1.165) is 21.1 Å². The summed E-state index contributed by atoms with van der Waals surface area (Å²) in [6.07, 6.45) is 1.57. The fourth-order valence-electron chi connectivity index (χ4n) is 3.25. The van der Waals surface area contributed by atoms with Crippen LogP contribution >= 0.6 is 11.3 Å². The van der Waals surface area contributed by atoms with Crippen molar-refractivity contribution in [1.29, 1.82) is 5.26 Å². The largest absolute Gasteiger partial charge is 0.437 e. The number of likely N-dealkylation sites (N-methyl/N-ethyl adjacent to an activating group) is 1. The van der Waals surface area contributed by atoms with Crippen molar-refractivity contribution < 1.29 is 14.0 Å². The third-order valence-electron chi connectivity index (χ3n) is 4.77. The Kier molecular flexibility index (Phi) is 4.24. The topological polar surface area (TPSA) is 92.1 Å². The minimum atomic E-state index is -0.559. The number of hydrogen-bond donors (Lipinski definition) is 0. The highest BCUT2D eigenvalue weighted by molar-refractivity contribution is 7.13. The first kappa shape index (κ1) is 17.9. The van der Waals surface area contributed by atoms with Crippen LogP contribution in [0.3, 0.4) is 0 Å². The maximum Gasteiger partial charge on any atom is 0.271 e. The van der Waals surface area contributed by atoms with E-state index in [-0.39, 0.29) is 17.7 Å². The number of rotatable bonds is 3. The summed E-state index contributed by atoms with van der Waals surface area (Å²) in [7, 11) is 1.90. The Balaban J connectivity index is 1.81. The minimum Gasteiger partial charge on any atom is -0.437 e. The number of furan rings is 1. The van der Waals surface area contributed by atoms with Crippen molar-refractivity contribution in [3.8, 4) is 16.8 Å². The monoisotopic (exact) mass is 392 g/mol. The molecule has 0 spiro atoms. The van der Waals surface area contributed by atoms with Crippen LogP contribution in [0.2, 0.25) is 0 Å². The zero-order valence-electron chi connectivity index (χ0n) is 15.5. The zero-order chi connectivity index (χ0) is 20.0. The maximum absolute atomic E-state index is 12.7. The van der Waals surface area contributed by atoms with Crippen LogP contribution in [0.5, 0.6) is 0 Å². The lowest BCUT2D eigenvalue weighted by Crippen LogP contribution is -2.42. The molecular weight excluding hydrogens is 376 g/mol. The van der Waals surface area contributed by atoms with Crippen molar-refractivity contribution in [3.05, 3.63) is 46.1 Å². The number of imide groups is 1. The van der Waals surface area contributed by atoms with Crippen LogP contribution in [0.4, 0.5) is 0 Å². The molecule has 2 amide bonds. The molecule has 28 heavy (non-hydrogen) atoms. The Morgan fingerprint density at radius 3 is 2.75 bits per heavy atom. The number of thiophene rings is 1. The summed E-state index contributed by atoms with van der Waals surface area (Å²) >= 11 is 1.59. The lowest BCUT2D eigenvalue weighted by atomic mass is 9.95. The van der Waals surface area contributed by atoms with Crippen LogP contribution in [0.1, 0.15) is 19.6 Å². The van der Waals surface area contributed by atoms with E-state index in [9.17, 15) is 14.9 Å². The number of nitrogens with zero attached hydrogens (tertiary/aromatic N) is 4. The molecule has 0 atom stereocenters. The van der Waals surface area contributed by atoms with E-state index in [0.29, 0.717) is 17.0 Å². The van der Waals surface area contributed by atoms with Gasteiger partial charge in [-0.25, -0.2) is 0 Å². The SMILES string of the molecule is CCN1C(=O)C(C#N)=C(C)/C(=C/c2cc3c(nc(-c4cccs4)n3C)o2)C1=O. The van der Waals surface area contributed by atoms with E-state index in [1.54, 1.807) is 37.3 Å². The number of aryl methyl sites for hydroxylation is 1. The first-order valence-corrected chi connectivity index (χ1v) is 9.53. The molecule has 0 saturated heterocycles. The normalized spacial score (nSPS) is 16.5. The number of amides is 2. The molecule has 4 rings (SSSR count). The number of carbonyl (C=O) groups is 2. The Morgan fingerprint density at radius 1 is 1.36 bits per heavy atom. The summed E-state index contributed by atoms with van der Waals surface area (Å²) in [6, 6.07) is 7.66. The third-order valence-corrected chi connectivity index (χ3v) is 5.63. The van der Waals surface area contributed by atoms with Crippen molar-refractivity contribution in [2.75, 3.05) is 6.54 Å². The van der Waals surface area contributed by atoms with Gasteiger partial charge in [-0.1, -0.05) is 6.07 Å². The van der Waals surface area contributed by atoms with E-state index >= 15 is 0 Å². The van der Waals surface area contributed by atoms with Gasteiger partial charge in [0.05, 0.1) is 4.88 Å². The fourth-order valence-corrected chi connectivity index (χ4v) is 4.00. The quantitative estimate of drug-likeness (QED) is 0.502. The van der Waals surface area contributed by atoms with Gasteiger partial charge in [0.25, 0.3) is 11.8 Å². The molecule has 4 heterocycles. The number of fused-ring (bicyclic) bond motifs is 1. The van der Waals surface area contributed by atoms with Gasteiger partial charge >= 0.3 is 0 Å². The third kappa shape index (κ3) is 2.60. The Labute approximate surface area is 164 Å². The van der Waals surface area contributed by atoms with E-state index in [1.807, 2.05) is 35.2 Å². The van der Waals surface area contributed by atoms with Gasteiger partial charge in [-0.05, 0) is 36.9 Å². The lowest BCUT2D eigenvalue weighted by Gasteiger charge is -2.25. The summed E-state index contributed by atoms with van der Waals surface area (Å²) in [5, 5.41) is 11.3. The van der Waals surface area contributed by atoms with Gasteiger partial charge in [0.1, 0.15) is 22.9 Å². The van der Waals surface area contributed by atoms with Gasteiger partial charge in [0.15, 0.2) is 5.82 Å². The average Bonchev–Trinajstić information content (AvgIpc) is 3.38. The van der Waals surface area contributed by atoms with Gasteiger partial charge in [0.2, 0.25) is 5.71 Å². The van der Waals surface area contributed by atoms with Gasteiger partial charge in [0, 0.05) is 25.2 Å². The molecule has 0 radical (unpaired) electrons. The number of hydrogen-bond acceptors (Lipinski definition) is 6. The second-order valence-electron chi connectivity index (χ2n) is 6.34. The van der Waals surface area contributed by atoms with Crippen LogP contribution in [-0.2, 0) is 16.6 Å². The highest BCUT2D eigenvalue weighted by Crippen LogP contribution is 2.31. The van der Waals surface area contributed by atoms with Crippen LogP contribution in [0.25, 0.3) is 28.0 Å². The van der Waals surface area contributed by atoms with Crippen molar-refractivity contribution in [2.45, 2.75) is 13.8 Å². The fraction of sp³-hybridized carbons (Fsp3) is 0.200. The number of carbonyl (C=O) groups excluding carboxylic acids is 2. The summed E-state index contributed by atoms with van der Waals surface area (Å²) in [6.45, 7) is 3.49. The van der Waals surface area contributed by atoms with Crippen molar-refractivity contribution in [2.24, 2.45) is 7.05 Å². The molecule has 7 nitrogen and oxygen atoms in total. The first-order chi connectivity index (χ1) is 13.5. The lowest BCUT2D eigenvalue weighted by molar-refractivity contribution is -0.140. The Morgan fingerprint density at radius 2 is 2.14 bits per heavy atom. The molecule has 140 valence electrons.